The molecule has 0 amide bonds. The highest BCUT2D eigenvalue weighted by Crippen LogP contribution is 2.40. The molecule has 2 rings (SSSR count). The van der Waals surface area contributed by atoms with E-state index in [1.807, 2.05) is 0 Å². The van der Waals surface area contributed by atoms with E-state index in [0.717, 1.165) is 6.42 Å². The molecule has 2 aliphatic rings. The molecule has 0 aromatic rings. The van der Waals surface area contributed by atoms with Crippen molar-refractivity contribution in [3.05, 3.63) is 0 Å². The van der Waals surface area contributed by atoms with Crippen LogP contribution in [0.2, 0.25) is 0 Å². The Balaban J connectivity index is 1.86. The lowest BCUT2D eigenvalue weighted by Gasteiger charge is -2.41. The smallest absolute Gasteiger partial charge is 0.248 e. The summed E-state index contributed by atoms with van der Waals surface area (Å²) < 4.78 is 26.1. The van der Waals surface area contributed by atoms with Gasteiger partial charge in [-0.15, -0.1) is 0 Å². The molecule has 1 saturated carbocycles. The van der Waals surface area contributed by atoms with E-state index in [2.05, 4.69) is 5.32 Å². The summed E-state index contributed by atoms with van der Waals surface area (Å²) in [6, 6.07) is 0. The van der Waals surface area contributed by atoms with Crippen molar-refractivity contribution in [2.75, 3.05) is 13.1 Å². The van der Waals surface area contributed by atoms with Crippen molar-refractivity contribution in [3.8, 4) is 0 Å². The number of hydrogen-bond donors (Lipinski definition) is 2. The fourth-order valence-electron chi connectivity index (χ4n) is 2.55. The molecule has 0 radical (unpaired) electrons. The second kappa shape index (κ2) is 3.42. The van der Waals surface area contributed by atoms with E-state index >= 15 is 0 Å². The monoisotopic (exact) mass is 205 g/mol. The van der Waals surface area contributed by atoms with E-state index in [9.17, 15) is 13.9 Å². The van der Waals surface area contributed by atoms with Gasteiger partial charge in [-0.2, -0.15) is 0 Å². The number of hydrogen-bond acceptors (Lipinski definition) is 2. The summed E-state index contributed by atoms with van der Waals surface area (Å²) in [7, 11) is 0. The first kappa shape index (κ1) is 10.3. The third-order valence-electron chi connectivity index (χ3n) is 3.32. The molecule has 1 atom stereocenters. The Labute approximate surface area is 82.7 Å². The van der Waals surface area contributed by atoms with Crippen LogP contribution in [0.1, 0.15) is 32.1 Å². The molecule has 0 aromatic carbocycles. The van der Waals surface area contributed by atoms with Gasteiger partial charge in [-0.1, -0.05) is 0 Å². The van der Waals surface area contributed by atoms with E-state index in [4.69, 9.17) is 0 Å². The fraction of sp³-hybridized carbons (Fsp3) is 1.00. The zero-order chi connectivity index (χ0) is 10.2. The second-order valence-electron chi connectivity index (χ2n) is 4.85. The van der Waals surface area contributed by atoms with Crippen LogP contribution in [0.25, 0.3) is 0 Å². The van der Waals surface area contributed by atoms with Gasteiger partial charge in [0, 0.05) is 25.9 Å². The summed E-state index contributed by atoms with van der Waals surface area (Å²) in [6.45, 7) is 1.13. The van der Waals surface area contributed by atoms with Gasteiger partial charge in [-0.05, 0) is 25.2 Å². The van der Waals surface area contributed by atoms with Crippen LogP contribution in [0.15, 0.2) is 0 Å². The van der Waals surface area contributed by atoms with Crippen molar-refractivity contribution >= 4 is 0 Å². The van der Waals surface area contributed by atoms with Crippen molar-refractivity contribution < 1.29 is 13.9 Å². The highest BCUT2D eigenvalue weighted by atomic mass is 19.3. The number of aliphatic hydroxyl groups is 1. The van der Waals surface area contributed by atoms with Crippen molar-refractivity contribution in [3.63, 3.8) is 0 Å². The number of rotatable bonds is 2. The Morgan fingerprint density at radius 3 is 2.57 bits per heavy atom. The number of β-amino-alcohol motifs (C(OH)–C–C–N with tert-alkyl or cyclic N) is 1. The molecule has 4 heteroatoms. The fourth-order valence-corrected chi connectivity index (χ4v) is 2.55. The molecule has 0 aromatic heterocycles. The first-order valence-electron chi connectivity index (χ1n) is 5.30. The molecule has 1 heterocycles. The summed E-state index contributed by atoms with van der Waals surface area (Å²) in [5.74, 6) is -2.48. The van der Waals surface area contributed by atoms with Crippen LogP contribution >= 0.6 is 0 Å². The third kappa shape index (κ3) is 2.23. The third-order valence-corrected chi connectivity index (χ3v) is 3.32. The van der Waals surface area contributed by atoms with Gasteiger partial charge in [0.15, 0.2) is 0 Å². The molecule has 1 saturated heterocycles. The van der Waals surface area contributed by atoms with Crippen LogP contribution in [-0.2, 0) is 0 Å². The molecular formula is C10H17F2NO. The Bertz CT molecular complexity index is 216. The van der Waals surface area contributed by atoms with Gasteiger partial charge in [-0.25, -0.2) is 8.78 Å². The van der Waals surface area contributed by atoms with E-state index in [-0.39, 0.29) is 18.8 Å². The summed E-state index contributed by atoms with van der Waals surface area (Å²) in [5, 5.41) is 12.8. The molecule has 82 valence electrons. The number of nitrogens with one attached hydrogen (secondary N) is 1. The van der Waals surface area contributed by atoms with Crippen LogP contribution in [0.4, 0.5) is 8.78 Å². The Kier molecular flexibility index (Phi) is 2.52. The zero-order valence-electron chi connectivity index (χ0n) is 8.23. The van der Waals surface area contributed by atoms with Gasteiger partial charge < -0.3 is 10.4 Å². The van der Waals surface area contributed by atoms with Gasteiger partial charge >= 0.3 is 0 Å². The van der Waals surface area contributed by atoms with Crippen LogP contribution < -0.4 is 5.32 Å². The molecule has 0 bridgehead atoms. The molecule has 1 unspecified atom stereocenters. The summed E-state index contributed by atoms with van der Waals surface area (Å²) in [5.41, 5.74) is -0.696. The van der Waals surface area contributed by atoms with E-state index in [1.54, 1.807) is 0 Å². The van der Waals surface area contributed by atoms with Gasteiger partial charge in [0.2, 0.25) is 5.92 Å². The Morgan fingerprint density at radius 2 is 2.07 bits per heavy atom. The van der Waals surface area contributed by atoms with Crippen molar-refractivity contribution in [2.24, 2.45) is 5.92 Å². The lowest BCUT2D eigenvalue weighted by Crippen LogP contribution is -2.60. The Morgan fingerprint density at radius 1 is 1.36 bits per heavy atom. The molecule has 14 heavy (non-hydrogen) atoms. The SMILES string of the molecule is OC1(CC2CCCC(F)(F)C2)CNC1. The lowest BCUT2D eigenvalue weighted by atomic mass is 9.77. The Hall–Kier alpha value is -0.220. The van der Waals surface area contributed by atoms with Crippen LogP contribution in [0.5, 0.6) is 0 Å². The maximum Gasteiger partial charge on any atom is 0.248 e. The maximum atomic E-state index is 13.1. The maximum absolute atomic E-state index is 13.1. The minimum absolute atomic E-state index is 0.00542. The average molecular weight is 205 g/mol. The summed E-state index contributed by atoms with van der Waals surface area (Å²) in [4.78, 5) is 0. The quantitative estimate of drug-likeness (QED) is 0.716. The number of halogens is 2. The van der Waals surface area contributed by atoms with Crippen molar-refractivity contribution in [2.45, 2.75) is 43.6 Å². The van der Waals surface area contributed by atoms with Crippen LogP contribution in [0.3, 0.4) is 0 Å². The average Bonchev–Trinajstić information content (AvgIpc) is 1.99. The van der Waals surface area contributed by atoms with Crippen LogP contribution in [0, 0.1) is 5.92 Å². The lowest BCUT2D eigenvalue weighted by molar-refractivity contribution is -0.0820. The predicted octanol–water partition coefficient (Wildman–Crippen LogP) is 1.54. The van der Waals surface area contributed by atoms with Gasteiger partial charge in [0.25, 0.3) is 0 Å². The van der Waals surface area contributed by atoms with Crippen molar-refractivity contribution in [1.82, 2.24) is 5.32 Å². The van der Waals surface area contributed by atoms with Gasteiger partial charge in [0.05, 0.1) is 5.60 Å². The molecular weight excluding hydrogens is 188 g/mol. The van der Waals surface area contributed by atoms with E-state index in [1.165, 1.54) is 0 Å². The number of alkyl halides is 2. The minimum atomic E-state index is -2.49. The standard InChI is InChI=1S/C10H17F2NO/c11-10(12)3-1-2-8(5-10)4-9(14)6-13-7-9/h8,13-14H,1-7H2. The summed E-state index contributed by atoms with van der Waals surface area (Å²) in [6.07, 6.45) is 1.98. The minimum Gasteiger partial charge on any atom is -0.387 e. The first-order valence-corrected chi connectivity index (χ1v) is 5.30. The highest BCUT2D eigenvalue weighted by Gasteiger charge is 2.42. The van der Waals surface area contributed by atoms with E-state index < -0.39 is 11.5 Å². The molecule has 1 aliphatic carbocycles. The molecule has 0 spiro atoms. The van der Waals surface area contributed by atoms with Gasteiger partial charge in [0.1, 0.15) is 0 Å². The summed E-state index contributed by atoms with van der Waals surface area (Å²) >= 11 is 0. The van der Waals surface area contributed by atoms with Crippen molar-refractivity contribution in [1.29, 1.82) is 0 Å². The second-order valence-corrected chi connectivity index (χ2v) is 4.85. The molecule has 2 fully saturated rings. The highest BCUT2D eigenvalue weighted by molar-refractivity contribution is 4.95. The normalized spacial score (nSPS) is 34.9. The van der Waals surface area contributed by atoms with Crippen LogP contribution in [-0.4, -0.2) is 29.7 Å². The zero-order valence-corrected chi connectivity index (χ0v) is 8.23. The largest absolute Gasteiger partial charge is 0.387 e. The van der Waals surface area contributed by atoms with E-state index in [0.29, 0.717) is 25.9 Å². The predicted molar refractivity (Wildman–Crippen MR) is 49.3 cm³/mol. The first-order chi connectivity index (χ1) is 6.49. The molecule has 1 aliphatic heterocycles. The topological polar surface area (TPSA) is 32.3 Å². The van der Waals surface area contributed by atoms with Gasteiger partial charge in [-0.3, -0.25) is 0 Å². The molecule has 2 N–H and O–H groups in total. The molecule has 2 nitrogen and oxygen atoms in total.